The summed E-state index contributed by atoms with van der Waals surface area (Å²) in [6.07, 6.45) is 9.84. The first-order valence-corrected chi connectivity index (χ1v) is 34.6. The summed E-state index contributed by atoms with van der Waals surface area (Å²) >= 11 is 0. The normalized spacial score (nSPS) is 19.4. The van der Waals surface area contributed by atoms with Crippen LogP contribution in [0.4, 0.5) is 17.1 Å². The molecule has 0 radical (unpaired) electrons. The number of fused-ring (bicyclic) bond motifs is 3. The number of rotatable bonds is 24. The lowest BCUT2D eigenvalue weighted by Crippen LogP contribution is -2.34. The topological polar surface area (TPSA) is 366 Å². The Kier molecular flexibility index (Phi) is 18.4. The van der Waals surface area contributed by atoms with Crippen molar-refractivity contribution in [2.24, 2.45) is 5.92 Å². The van der Waals surface area contributed by atoms with Gasteiger partial charge in [-0.2, -0.15) is 46.7 Å². The second-order valence-electron chi connectivity index (χ2n) is 22.3. The molecule has 456 valence electrons. The molecule has 5 aliphatic rings. The molecule has 2 aliphatic carbocycles. The summed E-state index contributed by atoms with van der Waals surface area (Å²) in [7, 11) is -22.2. The highest BCUT2D eigenvalue weighted by Gasteiger charge is 2.46. The van der Waals surface area contributed by atoms with Crippen molar-refractivity contribution in [1.29, 1.82) is 0 Å². The van der Waals surface area contributed by atoms with E-state index in [4.69, 9.17) is 9.47 Å². The van der Waals surface area contributed by atoms with Gasteiger partial charge < -0.3 is 24.4 Å². The van der Waals surface area contributed by atoms with Gasteiger partial charge in [-0.25, -0.2) is 0 Å². The lowest BCUT2D eigenvalue weighted by atomic mass is 9.74. The fourth-order valence-electron chi connectivity index (χ4n) is 11.5. The van der Waals surface area contributed by atoms with Gasteiger partial charge in [0.05, 0.1) is 39.7 Å². The van der Waals surface area contributed by atoms with Crippen molar-refractivity contribution in [2.75, 3.05) is 53.1 Å². The quantitative estimate of drug-likeness (QED) is 0.0261. The van der Waals surface area contributed by atoms with Gasteiger partial charge in [-0.3, -0.25) is 37.1 Å². The predicted octanol–water partition coefficient (Wildman–Crippen LogP) is 7.40. The predicted molar refractivity (Wildman–Crippen MR) is 311 cm³/mol. The summed E-state index contributed by atoms with van der Waals surface area (Å²) in [4.78, 5) is 28.8. The Morgan fingerprint density at radius 3 is 2.01 bits per heavy atom. The van der Waals surface area contributed by atoms with E-state index in [1.54, 1.807) is 18.2 Å². The molecule has 0 saturated carbocycles. The number of hydrogen-bond acceptors (Lipinski definition) is 15. The largest absolute Gasteiger partial charge is 0.481 e. The van der Waals surface area contributed by atoms with Crippen LogP contribution < -0.4 is 19.1 Å². The third kappa shape index (κ3) is 15.0. The molecule has 3 aromatic rings. The van der Waals surface area contributed by atoms with Crippen LogP contribution in [0.1, 0.15) is 113 Å². The van der Waals surface area contributed by atoms with Crippen LogP contribution >= 0.6 is 0 Å². The zero-order chi connectivity index (χ0) is 61.5. The third-order valence-electron chi connectivity index (χ3n) is 15.6. The maximum absolute atomic E-state index is 14.3. The van der Waals surface area contributed by atoms with Crippen molar-refractivity contribution < 1.29 is 93.6 Å². The monoisotopic (exact) mass is 1260 g/mol. The Hall–Kier alpha value is -6.28. The molecule has 0 bridgehead atoms. The summed E-state index contributed by atoms with van der Waals surface area (Å²) < 4.78 is 185. The number of carboxylic acid groups (broad SMARTS) is 1. The van der Waals surface area contributed by atoms with Crippen LogP contribution in [0.3, 0.4) is 0 Å². The maximum atomic E-state index is 14.3. The average molecular weight is 1260 g/mol. The van der Waals surface area contributed by atoms with Crippen LogP contribution in [0.25, 0.3) is 0 Å². The Morgan fingerprint density at radius 1 is 0.702 bits per heavy atom. The SMILES string of the molecule is CC1(C)C(/C=C/C2=C3Oc4ccc(C(=O)N(CCCS(=O)(=O)O)CCC(=O)O)cc4OC4=C3C(CC2)CC/C4=C\C=C2\N(CCCCS(=O)(=O)O)c3ccc(S(=O)(=O)O)cc3C2(C)C)=[N+](CCCCS(=O)(=O)O)c2ccc(NS(=O)(=O)O)cc21. The molecule has 0 fully saturated rings. The van der Waals surface area contributed by atoms with E-state index in [1.807, 2.05) is 61.5 Å². The minimum absolute atomic E-state index is 0.0320. The molecule has 0 saturated heterocycles. The van der Waals surface area contributed by atoms with Gasteiger partial charge in [-0.1, -0.05) is 19.9 Å². The number of nitrogens with one attached hydrogen (secondary N) is 1. The summed E-state index contributed by atoms with van der Waals surface area (Å²) in [6.45, 7) is 7.58. The number of carbonyl (C=O) groups excluding carboxylic acids is 1. The van der Waals surface area contributed by atoms with Crippen molar-refractivity contribution in [3.05, 3.63) is 130 Å². The van der Waals surface area contributed by atoms with E-state index in [-0.39, 0.29) is 85.4 Å². The minimum atomic E-state index is -4.65. The number of hydrogen-bond donors (Lipinski definition) is 7. The highest BCUT2D eigenvalue weighted by Crippen LogP contribution is 2.52. The molecule has 3 heterocycles. The fourth-order valence-corrected chi connectivity index (χ4v) is 14.1. The number of amides is 1. The number of allylic oxidation sites excluding steroid dienone is 8. The zero-order valence-electron chi connectivity index (χ0n) is 46.4. The van der Waals surface area contributed by atoms with Gasteiger partial charge in [0.2, 0.25) is 5.69 Å². The van der Waals surface area contributed by atoms with Gasteiger partial charge in [0.25, 0.3) is 46.4 Å². The van der Waals surface area contributed by atoms with Crippen LogP contribution in [0.15, 0.2) is 118 Å². The number of anilines is 2. The van der Waals surface area contributed by atoms with Gasteiger partial charge in [-0.05, 0) is 149 Å². The first-order chi connectivity index (χ1) is 39.0. The van der Waals surface area contributed by atoms with Gasteiger partial charge >= 0.3 is 16.3 Å². The third-order valence-corrected chi connectivity index (χ3v) is 19.3. The van der Waals surface area contributed by atoms with E-state index in [0.29, 0.717) is 88.5 Å². The lowest BCUT2D eigenvalue weighted by molar-refractivity contribution is -0.438. The fraction of sp³-hybridized carbons (Fsp3) is 0.436. The number of carbonyl (C=O) groups is 2. The minimum Gasteiger partial charge on any atom is -0.481 e. The first kappa shape index (κ1) is 63.7. The van der Waals surface area contributed by atoms with Crippen LogP contribution in [-0.2, 0) is 66.4 Å². The van der Waals surface area contributed by atoms with Gasteiger partial charge in [0.1, 0.15) is 18.1 Å². The molecular weight excluding hydrogens is 1200 g/mol. The van der Waals surface area contributed by atoms with E-state index in [0.717, 1.165) is 5.71 Å². The summed E-state index contributed by atoms with van der Waals surface area (Å²) in [5.74, 6) is -2.59. The number of ether oxygens (including phenoxy) is 2. The summed E-state index contributed by atoms with van der Waals surface area (Å²) in [6, 6.07) is 13.4. The molecule has 1 atom stereocenters. The van der Waals surface area contributed by atoms with Crippen LogP contribution in [-0.4, -0.2) is 140 Å². The molecule has 3 aliphatic heterocycles. The van der Waals surface area contributed by atoms with Crippen molar-refractivity contribution in [2.45, 2.75) is 108 Å². The lowest BCUT2D eigenvalue weighted by Gasteiger charge is -2.33. The molecule has 0 aromatic heterocycles. The van der Waals surface area contributed by atoms with E-state index in [2.05, 4.69) is 4.72 Å². The molecule has 1 unspecified atom stereocenters. The average Bonchev–Trinajstić information content (AvgIpc) is 1.93. The highest BCUT2D eigenvalue weighted by molar-refractivity contribution is 7.87. The van der Waals surface area contributed by atoms with E-state index in [1.165, 1.54) is 41.3 Å². The number of carboxylic acids is 1. The molecule has 3 aromatic carbocycles. The highest BCUT2D eigenvalue weighted by atomic mass is 32.2. The van der Waals surface area contributed by atoms with E-state index < -0.39 is 97.2 Å². The number of aliphatic carboxylic acids is 1. The van der Waals surface area contributed by atoms with Crippen molar-refractivity contribution >= 4 is 85.4 Å². The van der Waals surface area contributed by atoms with Crippen LogP contribution in [0.5, 0.6) is 11.5 Å². The van der Waals surface area contributed by atoms with Gasteiger partial charge in [0.15, 0.2) is 17.2 Å². The Balaban J connectivity index is 1.28. The zero-order valence-corrected chi connectivity index (χ0v) is 50.5. The second-order valence-corrected chi connectivity index (χ2v) is 29.6. The van der Waals surface area contributed by atoms with E-state index >= 15 is 0 Å². The molecule has 8 rings (SSSR count). The molecular formula is C55H67N4O20S5+. The van der Waals surface area contributed by atoms with Gasteiger partial charge in [0, 0.05) is 71.7 Å². The molecule has 29 heteroatoms. The first-order valence-electron chi connectivity index (χ1n) is 26.9. The Labute approximate surface area is 488 Å². The molecule has 7 N–H and O–H groups in total. The maximum Gasteiger partial charge on any atom is 0.357 e. The second kappa shape index (κ2) is 24.2. The number of nitrogens with zero attached hydrogens (tertiary/aromatic N) is 3. The molecule has 0 spiro atoms. The summed E-state index contributed by atoms with van der Waals surface area (Å²) in [5.41, 5.74) is 4.32. The van der Waals surface area contributed by atoms with Crippen molar-refractivity contribution in [3.63, 3.8) is 0 Å². The summed E-state index contributed by atoms with van der Waals surface area (Å²) in [5, 5.41) is 9.54. The molecule has 1 amide bonds. The smallest absolute Gasteiger partial charge is 0.357 e. The van der Waals surface area contributed by atoms with E-state index in [9.17, 15) is 79.5 Å². The van der Waals surface area contributed by atoms with Gasteiger partial charge in [-0.15, -0.1) is 0 Å². The Morgan fingerprint density at radius 2 is 1.36 bits per heavy atom. The molecule has 84 heavy (non-hydrogen) atoms. The van der Waals surface area contributed by atoms with Crippen LogP contribution in [0, 0.1) is 5.92 Å². The van der Waals surface area contributed by atoms with Crippen molar-refractivity contribution in [3.8, 4) is 11.5 Å². The van der Waals surface area contributed by atoms with Crippen LogP contribution in [0.2, 0.25) is 0 Å². The Bertz CT molecular complexity index is 3970. The number of unbranched alkanes of at least 4 members (excludes halogenated alkanes) is 2. The molecule has 24 nitrogen and oxygen atoms in total. The number of benzene rings is 3. The van der Waals surface area contributed by atoms with Crippen molar-refractivity contribution in [1.82, 2.24) is 4.90 Å². The standard InChI is InChI=1S/C55H66N4O20S5/c1-54(2)41-33-39(56-84(75,76)77)17-19-43(41)58(26-5-7-29-80(63,64)65)47(54)22-15-36-12-10-35-11-13-37(16-23-48-55(3,4)42-34-40(83(72,73)74)18-20-44(42)59(48)27-6-8-30-81(66,67)68)52-50(35)51(36)78-45-21-14-38(32-46(45)79-52)53(62)57(28-24-49(60)61)25-9-31-82(69,70)71/h14-23,32-35,56H,5-13,24-31H2,1-4H3,(H5-,60,61,63,64,65,66,67,68,69,70,71,72,73,74,75,76,77)/p+1.